The smallest absolute Gasteiger partial charge is 0.119 e. The third kappa shape index (κ3) is 4.04. The van der Waals surface area contributed by atoms with Gasteiger partial charge in [0.25, 0.3) is 0 Å². The topological polar surface area (TPSA) is 9.23 Å². The summed E-state index contributed by atoms with van der Waals surface area (Å²) in [5.74, 6) is 0.919. The fourth-order valence-electron chi connectivity index (χ4n) is 4.42. The molecular formula is C30H26O. The number of hydrogen-bond acceptors (Lipinski definition) is 1. The minimum atomic E-state index is 0.682. The van der Waals surface area contributed by atoms with Gasteiger partial charge in [0.15, 0.2) is 0 Å². The number of hydrogen-bond donors (Lipinski definition) is 0. The van der Waals surface area contributed by atoms with Crippen molar-refractivity contribution >= 4 is 21.5 Å². The fraction of sp³-hybridized carbons (Fsp3) is 0.133. The molecule has 0 aromatic heterocycles. The van der Waals surface area contributed by atoms with E-state index in [4.69, 9.17) is 4.74 Å². The normalized spacial score (nSPS) is 11.1. The second-order valence-corrected chi connectivity index (χ2v) is 7.96. The van der Waals surface area contributed by atoms with Crippen LogP contribution in [0, 0.1) is 0 Å². The van der Waals surface area contributed by atoms with E-state index in [2.05, 4.69) is 103 Å². The number of benzene rings is 5. The van der Waals surface area contributed by atoms with Crippen LogP contribution in [0.15, 0.2) is 103 Å². The monoisotopic (exact) mass is 402 g/mol. The molecule has 0 heterocycles. The molecule has 5 rings (SSSR count). The van der Waals surface area contributed by atoms with Gasteiger partial charge in [-0.3, -0.25) is 0 Å². The summed E-state index contributed by atoms with van der Waals surface area (Å²) >= 11 is 0. The van der Waals surface area contributed by atoms with Crippen molar-refractivity contribution in [3.8, 4) is 16.9 Å². The number of fused-ring (bicyclic) bond motifs is 2. The minimum Gasteiger partial charge on any atom is -0.494 e. The third-order valence-electron chi connectivity index (χ3n) is 5.95. The number of aryl methyl sites for hydroxylation is 2. The molecule has 0 bridgehead atoms. The molecule has 152 valence electrons. The van der Waals surface area contributed by atoms with Crippen LogP contribution in [0.1, 0.15) is 18.1 Å². The molecule has 0 saturated heterocycles. The zero-order chi connectivity index (χ0) is 21.0. The Hall–Kier alpha value is -3.58. The first-order chi connectivity index (χ1) is 15.3. The van der Waals surface area contributed by atoms with Crippen molar-refractivity contribution < 1.29 is 4.74 Å². The van der Waals surface area contributed by atoms with Crippen molar-refractivity contribution in [1.29, 1.82) is 0 Å². The van der Waals surface area contributed by atoms with Crippen LogP contribution in [-0.2, 0) is 12.8 Å². The lowest BCUT2D eigenvalue weighted by Gasteiger charge is -2.15. The molecule has 0 aliphatic carbocycles. The summed E-state index contributed by atoms with van der Waals surface area (Å²) in [6, 6.07) is 37.2. The zero-order valence-corrected chi connectivity index (χ0v) is 17.8. The average molecular weight is 403 g/mol. The molecule has 0 aliphatic rings. The molecule has 0 unspecified atom stereocenters. The highest BCUT2D eigenvalue weighted by atomic mass is 16.5. The van der Waals surface area contributed by atoms with Gasteiger partial charge in [-0.1, -0.05) is 78.9 Å². The van der Waals surface area contributed by atoms with Crippen LogP contribution in [0.5, 0.6) is 5.75 Å². The maximum absolute atomic E-state index is 5.68. The van der Waals surface area contributed by atoms with Crippen LogP contribution in [0.4, 0.5) is 0 Å². The lowest BCUT2D eigenvalue weighted by molar-refractivity contribution is 0.340. The van der Waals surface area contributed by atoms with Crippen molar-refractivity contribution in [3.63, 3.8) is 0 Å². The van der Waals surface area contributed by atoms with Crippen LogP contribution >= 0.6 is 0 Å². The quantitative estimate of drug-likeness (QED) is 0.263. The summed E-state index contributed by atoms with van der Waals surface area (Å²) < 4.78 is 5.68. The van der Waals surface area contributed by atoms with Gasteiger partial charge in [-0.2, -0.15) is 0 Å². The molecule has 0 amide bonds. The Morgan fingerprint density at radius 2 is 1.32 bits per heavy atom. The molecule has 0 radical (unpaired) electrons. The number of ether oxygens (including phenoxy) is 1. The van der Waals surface area contributed by atoms with E-state index in [0.29, 0.717) is 6.61 Å². The molecule has 0 atom stereocenters. The number of rotatable bonds is 6. The molecule has 0 N–H and O–H groups in total. The zero-order valence-electron chi connectivity index (χ0n) is 17.8. The highest BCUT2D eigenvalue weighted by Crippen LogP contribution is 2.36. The SMILES string of the molecule is CCOc1ccc(-c2c(CCc3ccccc3)ccc3cc4ccccc4cc23)cc1. The Morgan fingerprint density at radius 1 is 0.613 bits per heavy atom. The largest absolute Gasteiger partial charge is 0.494 e. The van der Waals surface area contributed by atoms with Gasteiger partial charge in [0.05, 0.1) is 6.61 Å². The van der Waals surface area contributed by atoms with Gasteiger partial charge in [0, 0.05) is 0 Å². The summed E-state index contributed by atoms with van der Waals surface area (Å²) in [5.41, 5.74) is 5.34. The first-order valence-corrected chi connectivity index (χ1v) is 11.0. The summed E-state index contributed by atoms with van der Waals surface area (Å²) in [4.78, 5) is 0. The summed E-state index contributed by atoms with van der Waals surface area (Å²) in [7, 11) is 0. The highest BCUT2D eigenvalue weighted by Gasteiger charge is 2.12. The van der Waals surface area contributed by atoms with Crippen molar-refractivity contribution in [1.82, 2.24) is 0 Å². The Bertz CT molecular complexity index is 1320. The van der Waals surface area contributed by atoms with Gasteiger partial charge in [0.2, 0.25) is 0 Å². The van der Waals surface area contributed by atoms with Crippen molar-refractivity contribution in [2.45, 2.75) is 19.8 Å². The Balaban J connectivity index is 1.65. The molecule has 0 aliphatic heterocycles. The molecule has 0 fully saturated rings. The predicted octanol–water partition coefficient (Wildman–Crippen LogP) is 7.84. The van der Waals surface area contributed by atoms with Gasteiger partial charge in [0.1, 0.15) is 5.75 Å². The van der Waals surface area contributed by atoms with Gasteiger partial charge in [-0.05, 0) is 87.8 Å². The summed E-state index contributed by atoms with van der Waals surface area (Å²) in [6.45, 7) is 2.70. The van der Waals surface area contributed by atoms with E-state index < -0.39 is 0 Å². The van der Waals surface area contributed by atoms with E-state index in [1.807, 2.05) is 6.92 Å². The molecule has 1 heteroatoms. The lowest BCUT2D eigenvalue weighted by atomic mass is 9.89. The minimum absolute atomic E-state index is 0.682. The predicted molar refractivity (Wildman–Crippen MR) is 132 cm³/mol. The second kappa shape index (κ2) is 8.65. The van der Waals surface area contributed by atoms with Gasteiger partial charge >= 0.3 is 0 Å². The van der Waals surface area contributed by atoms with Crippen LogP contribution in [0.3, 0.4) is 0 Å². The molecule has 5 aromatic carbocycles. The van der Waals surface area contributed by atoms with Crippen molar-refractivity contribution in [2.75, 3.05) is 6.61 Å². The molecule has 1 nitrogen and oxygen atoms in total. The van der Waals surface area contributed by atoms with Crippen molar-refractivity contribution in [3.05, 3.63) is 114 Å². The second-order valence-electron chi connectivity index (χ2n) is 7.96. The molecular weight excluding hydrogens is 376 g/mol. The fourth-order valence-corrected chi connectivity index (χ4v) is 4.42. The highest BCUT2D eigenvalue weighted by molar-refractivity contribution is 6.06. The maximum Gasteiger partial charge on any atom is 0.119 e. The van der Waals surface area contributed by atoms with Gasteiger partial charge in [-0.15, -0.1) is 0 Å². The van der Waals surface area contributed by atoms with Crippen LogP contribution < -0.4 is 4.74 Å². The van der Waals surface area contributed by atoms with Gasteiger partial charge in [-0.25, -0.2) is 0 Å². The first-order valence-electron chi connectivity index (χ1n) is 11.0. The van der Waals surface area contributed by atoms with Crippen LogP contribution in [0.25, 0.3) is 32.7 Å². The Labute approximate surface area is 183 Å². The van der Waals surface area contributed by atoms with E-state index >= 15 is 0 Å². The molecule has 5 aromatic rings. The molecule has 0 spiro atoms. The summed E-state index contributed by atoms with van der Waals surface area (Å²) in [5, 5.41) is 5.16. The van der Waals surface area contributed by atoms with E-state index in [1.165, 1.54) is 43.8 Å². The van der Waals surface area contributed by atoms with Crippen molar-refractivity contribution in [2.24, 2.45) is 0 Å². The van der Waals surface area contributed by atoms with E-state index in [-0.39, 0.29) is 0 Å². The molecule has 31 heavy (non-hydrogen) atoms. The maximum atomic E-state index is 5.68. The van der Waals surface area contributed by atoms with Crippen LogP contribution in [-0.4, -0.2) is 6.61 Å². The average Bonchev–Trinajstić information content (AvgIpc) is 2.82. The van der Waals surface area contributed by atoms with E-state index in [0.717, 1.165) is 18.6 Å². The lowest BCUT2D eigenvalue weighted by Crippen LogP contribution is -1.96. The first kappa shape index (κ1) is 19.4. The van der Waals surface area contributed by atoms with E-state index in [1.54, 1.807) is 0 Å². The molecule has 0 saturated carbocycles. The van der Waals surface area contributed by atoms with Crippen LogP contribution in [0.2, 0.25) is 0 Å². The van der Waals surface area contributed by atoms with Gasteiger partial charge < -0.3 is 4.74 Å². The van der Waals surface area contributed by atoms with E-state index in [9.17, 15) is 0 Å². The standard InChI is InChI=1S/C30H26O/c1-2-31-28-18-16-24(17-19-28)30-23(13-12-22-8-4-3-5-9-22)14-15-27-20-25-10-6-7-11-26(25)21-29(27)30/h3-11,14-21H,2,12-13H2,1H3. The third-order valence-corrected chi connectivity index (χ3v) is 5.95. The Morgan fingerprint density at radius 3 is 2.06 bits per heavy atom. The summed E-state index contributed by atoms with van der Waals surface area (Å²) in [6.07, 6.45) is 2.04. The Kier molecular flexibility index (Phi) is 5.41.